The van der Waals surface area contributed by atoms with Gasteiger partial charge in [-0.2, -0.15) is 5.10 Å². The zero-order chi connectivity index (χ0) is 49.7. The Balaban J connectivity index is 0.738. The van der Waals surface area contributed by atoms with Gasteiger partial charge in [0.15, 0.2) is 17.2 Å². The number of carbonyl (C=O) groups is 4. The number of piperidine rings is 1. The van der Waals surface area contributed by atoms with Crippen LogP contribution < -0.4 is 30.7 Å². The number of aliphatic hydroxyl groups excluding tert-OH is 1. The third-order valence-electron chi connectivity index (χ3n) is 15.5. The van der Waals surface area contributed by atoms with Crippen molar-refractivity contribution in [3.05, 3.63) is 99.7 Å². The number of imide groups is 1. The van der Waals surface area contributed by atoms with Crippen LogP contribution in [-0.2, 0) is 22.2 Å². The summed E-state index contributed by atoms with van der Waals surface area (Å²) in [6, 6.07) is 16.7. The molecule has 5 N–H and O–H groups in total. The number of rotatable bonds is 14. The SMILES string of the molecule is CC1c2c(cc(F)c(Cl)c2-c2c(C(N)=O)cnc(OCCO)c2F)OC1(CNC1CCC(C(=O)N2CC(CN3CCC(c4ccc5c(N6CCC(=O)NC6=O)nn(C)c5c4)CC3)C2)CC1)c1ccccc1. The Labute approximate surface area is 414 Å². The first kappa shape index (κ1) is 48.4. The maximum atomic E-state index is 16.4. The second kappa shape index (κ2) is 19.8. The summed E-state index contributed by atoms with van der Waals surface area (Å²) in [6.45, 7) is 6.26. The molecule has 71 heavy (non-hydrogen) atoms. The van der Waals surface area contributed by atoms with Gasteiger partial charge in [0.05, 0.1) is 22.7 Å². The highest BCUT2D eigenvalue weighted by atomic mass is 35.5. The standard InChI is InChI=1S/C52H58ClF2N9O7/c1-29-42-40(23-38(54)45(53)44(42)43-37(47(56)67)24-57-49(46(43)55)70-21-20-65)71-52(29,34-6-4-3-5-7-34)28-58-35-11-8-32(9-12-35)50(68)63-26-30(27-63)25-62-17-14-31(15-18-62)33-10-13-36-39(22-33)61(2)60-48(36)64-19-16-41(66)59-51(64)69/h3-7,10,13,22-24,29-32,35,58,65H,8-9,11-12,14-21,25-28H2,1-2H3,(H2,56,67)(H,59,66,69). The third kappa shape index (κ3) is 9.08. The molecule has 4 fully saturated rings. The van der Waals surface area contributed by atoms with Gasteiger partial charge in [-0.05, 0) is 80.8 Å². The van der Waals surface area contributed by atoms with Crippen molar-refractivity contribution in [1.29, 1.82) is 0 Å². The van der Waals surface area contributed by atoms with Crippen molar-refractivity contribution in [3.8, 4) is 22.8 Å². The summed E-state index contributed by atoms with van der Waals surface area (Å²) in [7, 11) is 1.88. The number of pyridine rings is 1. The Morgan fingerprint density at radius 2 is 1.76 bits per heavy atom. The van der Waals surface area contributed by atoms with Crippen LogP contribution >= 0.6 is 11.6 Å². The minimum absolute atomic E-state index is 0.0542. The molecular weight excluding hydrogens is 936 g/mol. The lowest BCUT2D eigenvalue weighted by Gasteiger charge is -2.45. The molecule has 5 amide bonds. The van der Waals surface area contributed by atoms with E-state index in [2.05, 4.69) is 37.7 Å². The Morgan fingerprint density at radius 1 is 1.01 bits per heavy atom. The van der Waals surface area contributed by atoms with Crippen molar-refractivity contribution in [2.24, 2.45) is 24.6 Å². The average molecular weight is 995 g/mol. The van der Waals surface area contributed by atoms with Crippen molar-refractivity contribution in [3.63, 3.8) is 0 Å². The minimum Gasteiger partial charge on any atom is -0.480 e. The number of halogens is 3. The van der Waals surface area contributed by atoms with E-state index >= 15 is 8.78 Å². The van der Waals surface area contributed by atoms with E-state index in [1.807, 2.05) is 55.3 Å². The zero-order valence-electron chi connectivity index (χ0n) is 39.8. The minimum atomic E-state index is -1.12. The Hall–Kier alpha value is -6.21. The van der Waals surface area contributed by atoms with Crippen molar-refractivity contribution in [2.75, 3.05) is 63.9 Å². The molecule has 4 aliphatic heterocycles. The number of urea groups is 1. The predicted octanol–water partition coefficient (Wildman–Crippen LogP) is 6.36. The number of aromatic nitrogens is 3. The Kier molecular flexibility index (Phi) is 13.5. The van der Waals surface area contributed by atoms with Crippen molar-refractivity contribution in [1.82, 2.24) is 35.2 Å². The van der Waals surface area contributed by atoms with Gasteiger partial charge in [-0.25, -0.2) is 18.6 Å². The summed E-state index contributed by atoms with van der Waals surface area (Å²) in [5.74, 6) is -2.59. The molecule has 0 bridgehead atoms. The molecule has 5 aliphatic rings. The van der Waals surface area contributed by atoms with Gasteiger partial charge in [0.1, 0.15) is 18.2 Å². The monoisotopic (exact) mass is 993 g/mol. The fourth-order valence-electron chi connectivity index (χ4n) is 11.6. The van der Waals surface area contributed by atoms with Crippen LogP contribution in [0.5, 0.6) is 11.6 Å². The van der Waals surface area contributed by atoms with Crippen LogP contribution in [0.25, 0.3) is 22.0 Å². The van der Waals surface area contributed by atoms with E-state index in [0.29, 0.717) is 29.8 Å². The molecule has 1 aliphatic carbocycles. The summed E-state index contributed by atoms with van der Waals surface area (Å²) in [5.41, 5.74) is 7.21. The van der Waals surface area contributed by atoms with Crippen LogP contribution in [-0.4, -0.2) is 118 Å². The second-order valence-electron chi connectivity index (χ2n) is 19.7. The molecule has 374 valence electrons. The smallest absolute Gasteiger partial charge is 0.329 e. The molecule has 3 aromatic carbocycles. The lowest BCUT2D eigenvalue weighted by atomic mass is 9.77. The number of aryl methyl sites for hydroxylation is 1. The number of primary amides is 1. The lowest BCUT2D eigenvalue weighted by Crippen LogP contribution is -2.56. The number of carbonyl (C=O) groups excluding carboxylic acids is 4. The van der Waals surface area contributed by atoms with E-state index in [-0.39, 0.29) is 65.8 Å². The largest absolute Gasteiger partial charge is 0.480 e. The number of nitrogens with two attached hydrogens (primary N) is 1. The maximum Gasteiger partial charge on any atom is 0.329 e. The fraction of sp³-hybridized carbons (Fsp3) is 0.462. The van der Waals surface area contributed by atoms with Gasteiger partial charge in [-0.15, -0.1) is 0 Å². The van der Waals surface area contributed by atoms with Gasteiger partial charge in [0.2, 0.25) is 11.8 Å². The average Bonchev–Trinajstić information content (AvgIpc) is 3.84. The summed E-state index contributed by atoms with van der Waals surface area (Å²) in [6.07, 6.45) is 6.38. The second-order valence-corrected chi connectivity index (χ2v) is 20.1. The van der Waals surface area contributed by atoms with E-state index in [0.717, 1.165) is 93.9 Å². The van der Waals surface area contributed by atoms with Gasteiger partial charge in [0, 0.05) is 104 Å². The van der Waals surface area contributed by atoms with Crippen LogP contribution in [0.3, 0.4) is 0 Å². The molecule has 2 unspecified atom stereocenters. The Morgan fingerprint density at radius 3 is 2.46 bits per heavy atom. The number of aliphatic hydroxyl groups is 1. The molecule has 3 saturated heterocycles. The molecule has 19 heteroatoms. The van der Waals surface area contributed by atoms with Gasteiger partial charge in [-0.1, -0.05) is 54.9 Å². The molecular formula is C52H58ClF2N9O7. The maximum absolute atomic E-state index is 16.4. The lowest BCUT2D eigenvalue weighted by molar-refractivity contribution is -0.143. The number of hydrogen-bond donors (Lipinski definition) is 4. The summed E-state index contributed by atoms with van der Waals surface area (Å²) < 4.78 is 46.2. The van der Waals surface area contributed by atoms with Crippen LogP contribution in [0.4, 0.5) is 19.4 Å². The van der Waals surface area contributed by atoms with Crippen LogP contribution in [0.1, 0.15) is 90.8 Å². The molecule has 0 radical (unpaired) electrons. The van der Waals surface area contributed by atoms with Crippen molar-refractivity contribution >= 4 is 52.1 Å². The van der Waals surface area contributed by atoms with E-state index in [1.54, 1.807) is 4.68 Å². The van der Waals surface area contributed by atoms with Crippen molar-refractivity contribution < 1.29 is 42.5 Å². The highest BCUT2D eigenvalue weighted by Gasteiger charge is 2.50. The third-order valence-corrected chi connectivity index (χ3v) is 15.9. The van der Waals surface area contributed by atoms with Crippen LogP contribution in [0.15, 0.2) is 60.8 Å². The van der Waals surface area contributed by atoms with E-state index < -0.39 is 52.6 Å². The number of ether oxygens (including phenoxy) is 2. The number of hydrogen-bond acceptors (Lipinski definition) is 11. The number of benzene rings is 3. The molecule has 0 spiro atoms. The van der Waals surface area contributed by atoms with Crippen molar-refractivity contribution in [2.45, 2.75) is 75.3 Å². The molecule has 5 aromatic rings. The molecule has 6 heterocycles. The highest BCUT2D eigenvalue weighted by Crippen LogP contribution is 2.56. The molecule has 2 aromatic heterocycles. The molecule has 16 nitrogen and oxygen atoms in total. The molecule has 2 atom stereocenters. The van der Waals surface area contributed by atoms with Crippen LogP contribution in [0, 0.1) is 23.5 Å². The highest BCUT2D eigenvalue weighted by molar-refractivity contribution is 6.34. The number of fused-ring (bicyclic) bond motifs is 2. The Bertz CT molecular complexity index is 2880. The van der Waals surface area contributed by atoms with Gasteiger partial charge in [0.25, 0.3) is 11.8 Å². The van der Waals surface area contributed by atoms with Gasteiger partial charge < -0.3 is 35.4 Å². The predicted molar refractivity (Wildman–Crippen MR) is 261 cm³/mol. The quantitative estimate of drug-likeness (QED) is 0.0967. The number of nitrogens with zero attached hydrogens (tertiary/aromatic N) is 6. The first-order valence-electron chi connectivity index (χ1n) is 24.6. The summed E-state index contributed by atoms with van der Waals surface area (Å²) in [5, 5.41) is 20.6. The number of amides is 5. The van der Waals surface area contributed by atoms with E-state index in [9.17, 15) is 24.3 Å². The summed E-state index contributed by atoms with van der Waals surface area (Å²) >= 11 is 6.70. The van der Waals surface area contributed by atoms with Gasteiger partial charge in [-0.3, -0.25) is 29.3 Å². The zero-order valence-corrected chi connectivity index (χ0v) is 40.5. The molecule has 10 rings (SSSR count). The normalized spacial score (nSPS) is 23.1. The van der Waals surface area contributed by atoms with Gasteiger partial charge >= 0.3 is 6.03 Å². The fourth-order valence-corrected chi connectivity index (χ4v) is 11.9. The van der Waals surface area contributed by atoms with E-state index in [1.165, 1.54) is 16.5 Å². The van der Waals surface area contributed by atoms with Crippen LogP contribution in [0.2, 0.25) is 5.02 Å². The molecule has 1 saturated carbocycles. The van der Waals surface area contributed by atoms with E-state index in [4.69, 9.17) is 26.8 Å². The number of nitrogens with one attached hydrogen (secondary N) is 2. The first-order valence-corrected chi connectivity index (χ1v) is 24.9. The topological polar surface area (TPSA) is 197 Å². The number of likely N-dealkylation sites (tertiary alicyclic amines) is 2. The number of anilines is 1. The summed E-state index contributed by atoms with van der Waals surface area (Å²) in [4.78, 5) is 60.8. The first-order chi connectivity index (χ1) is 34.2.